The molecule has 1 fully saturated rings. The maximum Gasteiger partial charge on any atom is 0.213 e. The Labute approximate surface area is 78.3 Å². The quantitative estimate of drug-likeness (QED) is 0.697. The van der Waals surface area contributed by atoms with Crippen molar-refractivity contribution in [3.05, 3.63) is 23.9 Å². The lowest BCUT2D eigenvalue weighted by atomic mass is 10.2. The van der Waals surface area contributed by atoms with Crippen molar-refractivity contribution in [2.24, 2.45) is 0 Å². The number of aromatic nitrogens is 1. The molecule has 0 bridgehead atoms. The lowest BCUT2D eigenvalue weighted by molar-refractivity contribution is 0.170. The number of nitrogens with zero attached hydrogens (tertiary/aromatic N) is 2. The molecule has 1 aromatic heterocycles. The van der Waals surface area contributed by atoms with Crippen molar-refractivity contribution in [2.75, 3.05) is 20.2 Å². The van der Waals surface area contributed by atoms with Crippen molar-refractivity contribution < 1.29 is 4.74 Å². The molecule has 3 nitrogen and oxygen atoms in total. The van der Waals surface area contributed by atoms with Gasteiger partial charge in [-0.15, -0.1) is 0 Å². The van der Waals surface area contributed by atoms with E-state index in [9.17, 15) is 0 Å². The largest absolute Gasteiger partial charge is 0.481 e. The first-order valence-electron chi connectivity index (χ1n) is 4.61. The first-order valence-corrected chi connectivity index (χ1v) is 4.61. The maximum absolute atomic E-state index is 5.06. The number of methoxy groups -OCH3 is 1. The van der Waals surface area contributed by atoms with E-state index in [0.717, 1.165) is 12.2 Å². The van der Waals surface area contributed by atoms with Crippen molar-refractivity contribution in [3.63, 3.8) is 0 Å². The van der Waals surface area contributed by atoms with E-state index in [1.165, 1.54) is 19.5 Å². The Balaban J connectivity index is 2.01. The Morgan fingerprint density at radius 2 is 2.31 bits per heavy atom. The van der Waals surface area contributed by atoms with Crippen LogP contribution in [0.1, 0.15) is 12.1 Å². The molecule has 13 heavy (non-hydrogen) atoms. The number of hydrogen-bond acceptors (Lipinski definition) is 3. The van der Waals surface area contributed by atoms with Gasteiger partial charge < -0.3 is 4.74 Å². The summed E-state index contributed by atoms with van der Waals surface area (Å²) in [6.07, 6.45) is 1.32. The topological polar surface area (TPSA) is 25.4 Å². The standard InChI is InChI=1S/C10H14N2O/c1-13-10-5-2-4-9(11-10)8-12-6-3-7-12/h2,4-5H,3,6-8H2,1H3. The van der Waals surface area contributed by atoms with Crippen LogP contribution >= 0.6 is 0 Å². The zero-order valence-corrected chi connectivity index (χ0v) is 7.86. The Kier molecular flexibility index (Phi) is 2.45. The molecule has 0 aromatic carbocycles. The molecule has 0 amide bonds. The minimum Gasteiger partial charge on any atom is -0.481 e. The highest BCUT2D eigenvalue weighted by molar-refractivity contribution is 5.15. The van der Waals surface area contributed by atoms with Gasteiger partial charge in [-0.2, -0.15) is 0 Å². The van der Waals surface area contributed by atoms with Crippen molar-refractivity contribution in [2.45, 2.75) is 13.0 Å². The molecule has 1 aromatic rings. The highest BCUT2D eigenvalue weighted by atomic mass is 16.5. The zero-order chi connectivity index (χ0) is 9.10. The molecule has 2 rings (SSSR count). The number of rotatable bonds is 3. The summed E-state index contributed by atoms with van der Waals surface area (Å²) >= 11 is 0. The van der Waals surface area contributed by atoms with Gasteiger partial charge in [0.15, 0.2) is 0 Å². The summed E-state index contributed by atoms with van der Waals surface area (Å²) in [6, 6.07) is 5.90. The third kappa shape index (κ3) is 1.98. The fraction of sp³-hybridized carbons (Fsp3) is 0.500. The number of ether oxygens (including phenoxy) is 1. The molecule has 1 saturated heterocycles. The van der Waals surface area contributed by atoms with Crippen molar-refractivity contribution >= 4 is 0 Å². The van der Waals surface area contributed by atoms with Gasteiger partial charge in [0, 0.05) is 12.6 Å². The molecule has 0 radical (unpaired) electrons. The van der Waals surface area contributed by atoms with Gasteiger partial charge in [0.25, 0.3) is 0 Å². The summed E-state index contributed by atoms with van der Waals surface area (Å²) < 4.78 is 5.06. The molecule has 0 spiro atoms. The molecule has 2 heterocycles. The SMILES string of the molecule is COc1cccc(CN2CCC2)n1. The van der Waals surface area contributed by atoms with Gasteiger partial charge in [0.1, 0.15) is 0 Å². The smallest absolute Gasteiger partial charge is 0.213 e. The number of likely N-dealkylation sites (tertiary alicyclic amines) is 1. The van der Waals surface area contributed by atoms with Crippen molar-refractivity contribution in [1.82, 2.24) is 9.88 Å². The first kappa shape index (κ1) is 8.51. The Morgan fingerprint density at radius 3 is 2.92 bits per heavy atom. The minimum absolute atomic E-state index is 0.707. The summed E-state index contributed by atoms with van der Waals surface area (Å²) in [6.45, 7) is 3.37. The predicted octanol–water partition coefficient (Wildman–Crippen LogP) is 1.30. The molecule has 0 unspecified atom stereocenters. The summed E-state index contributed by atoms with van der Waals surface area (Å²) in [5.41, 5.74) is 1.10. The van der Waals surface area contributed by atoms with E-state index in [4.69, 9.17) is 4.74 Å². The molecule has 70 valence electrons. The van der Waals surface area contributed by atoms with Crippen LogP contribution in [0.3, 0.4) is 0 Å². The Hall–Kier alpha value is -1.09. The van der Waals surface area contributed by atoms with Gasteiger partial charge >= 0.3 is 0 Å². The number of pyridine rings is 1. The van der Waals surface area contributed by atoms with Gasteiger partial charge in [-0.1, -0.05) is 6.07 Å². The maximum atomic E-state index is 5.06. The molecular weight excluding hydrogens is 164 g/mol. The average Bonchev–Trinajstić information content (AvgIpc) is 2.12. The monoisotopic (exact) mass is 178 g/mol. The molecule has 1 aliphatic rings. The van der Waals surface area contributed by atoms with Crippen LogP contribution in [-0.2, 0) is 6.54 Å². The normalized spacial score (nSPS) is 16.7. The van der Waals surface area contributed by atoms with Crippen molar-refractivity contribution in [1.29, 1.82) is 0 Å². The molecule has 1 aliphatic heterocycles. The van der Waals surface area contributed by atoms with Crippen LogP contribution in [0.5, 0.6) is 5.88 Å². The van der Waals surface area contributed by atoms with E-state index in [1.54, 1.807) is 7.11 Å². The van der Waals surface area contributed by atoms with Crippen molar-refractivity contribution in [3.8, 4) is 5.88 Å². The molecular formula is C10H14N2O. The minimum atomic E-state index is 0.707. The van der Waals surface area contributed by atoms with Crippen LogP contribution in [0.4, 0.5) is 0 Å². The molecule has 0 atom stereocenters. The van der Waals surface area contributed by atoms with Crippen LogP contribution in [-0.4, -0.2) is 30.1 Å². The Bertz CT molecular complexity index is 284. The third-order valence-electron chi connectivity index (χ3n) is 2.32. The predicted molar refractivity (Wildman–Crippen MR) is 50.7 cm³/mol. The number of hydrogen-bond donors (Lipinski definition) is 0. The second kappa shape index (κ2) is 3.75. The van der Waals surface area contributed by atoms with Gasteiger partial charge in [0.05, 0.1) is 12.8 Å². The lowest BCUT2D eigenvalue weighted by Crippen LogP contribution is -2.36. The van der Waals surface area contributed by atoms with Gasteiger partial charge in [-0.05, 0) is 25.6 Å². The third-order valence-corrected chi connectivity index (χ3v) is 2.32. The van der Waals surface area contributed by atoms with E-state index in [0.29, 0.717) is 5.88 Å². The molecule has 0 aliphatic carbocycles. The Morgan fingerprint density at radius 1 is 1.46 bits per heavy atom. The highest BCUT2D eigenvalue weighted by Gasteiger charge is 2.14. The van der Waals surface area contributed by atoms with E-state index >= 15 is 0 Å². The highest BCUT2D eigenvalue weighted by Crippen LogP contribution is 2.13. The van der Waals surface area contributed by atoms with E-state index in [2.05, 4.69) is 9.88 Å². The zero-order valence-electron chi connectivity index (χ0n) is 7.86. The summed E-state index contributed by atoms with van der Waals surface area (Å²) in [7, 11) is 1.65. The fourth-order valence-electron chi connectivity index (χ4n) is 1.43. The summed E-state index contributed by atoms with van der Waals surface area (Å²) in [5.74, 6) is 0.707. The molecule has 0 N–H and O–H groups in total. The molecule has 0 saturated carbocycles. The van der Waals surface area contributed by atoms with Crippen LogP contribution in [0.2, 0.25) is 0 Å². The van der Waals surface area contributed by atoms with Gasteiger partial charge in [-0.25, -0.2) is 4.98 Å². The first-order chi connectivity index (χ1) is 6.38. The second-order valence-corrected chi connectivity index (χ2v) is 3.30. The summed E-state index contributed by atoms with van der Waals surface area (Å²) in [5, 5.41) is 0. The lowest BCUT2D eigenvalue weighted by Gasteiger charge is -2.30. The fourth-order valence-corrected chi connectivity index (χ4v) is 1.43. The van der Waals surface area contributed by atoms with Crippen LogP contribution in [0, 0.1) is 0 Å². The van der Waals surface area contributed by atoms with Gasteiger partial charge in [-0.3, -0.25) is 4.90 Å². The van der Waals surface area contributed by atoms with Crippen LogP contribution < -0.4 is 4.74 Å². The average molecular weight is 178 g/mol. The van der Waals surface area contributed by atoms with Gasteiger partial charge in [0.2, 0.25) is 5.88 Å². The van der Waals surface area contributed by atoms with E-state index in [1.807, 2.05) is 18.2 Å². The summed E-state index contributed by atoms with van der Waals surface area (Å²) in [4.78, 5) is 6.73. The van der Waals surface area contributed by atoms with Crippen LogP contribution in [0.25, 0.3) is 0 Å². The van der Waals surface area contributed by atoms with E-state index < -0.39 is 0 Å². The van der Waals surface area contributed by atoms with E-state index in [-0.39, 0.29) is 0 Å². The molecule has 3 heteroatoms. The second-order valence-electron chi connectivity index (χ2n) is 3.30. The van der Waals surface area contributed by atoms with Crippen LogP contribution in [0.15, 0.2) is 18.2 Å².